The van der Waals surface area contributed by atoms with E-state index in [1.54, 1.807) is 0 Å². The summed E-state index contributed by atoms with van der Waals surface area (Å²) in [4.78, 5) is 8.71. The maximum Gasteiger partial charge on any atom is 0.341 e. The summed E-state index contributed by atoms with van der Waals surface area (Å²) in [5.74, 6) is -7.67. The van der Waals surface area contributed by atoms with Crippen LogP contribution in [0.25, 0.3) is 0 Å². The van der Waals surface area contributed by atoms with Gasteiger partial charge in [0.05, 0.1) is 0 Å². The summed E-state index contributed by atoms with van der Waals surface area (Å²) in [6.07, 6.45) is 0. The Labute approximate surface area is 91.7 Å². The van der Waals surface area contributed by atoms with Crippen LogP contribution in [0.15, 0.2) is 11.0 Å². The second kappa shape index (κ2) is 3.95. The molecule has 0 heterocycles. The van der Waals surface area contributed by atoms with Crippen LogP contribution in [0.2, 0.25) is 0 Å². The highest BCUT2D eigenvalue weighted by Gasteiger charge is 2.30. The lowest BCUT2D eigenvalue weighted by atomic mass is 10.2. The number of benzene rings is 1. The molecule has 0 amide bonds. The molecule has 0 spiro atoms. The molecule has 0 saturated carbocycles. The largest absolute Gasteiger partial charge is 0.477 e. The molecule has 9 heteroatoms. The van der Waals surface area contributed by atoms with Gasteiger partial charge in [-0.2, -0.15) is 0 Å². The first kappa shape index (κ1) is 12.8. The van der Waals surface area contributed by atoms with E-state index in [9.17, 15) is 26.4 Å². The van der Waals surface area contributed by atoms with Gasteiger partial charge >= 0.3 is 5.97 Å². The van der Waals surface area contributed by atoms with Crippen LogP contribution < -0.4 is 0 Å². The first-order chi connectivity index (χ1) is 7.16. The molecule has 0 aliphatic heterocycles. The molecule has 1 aromatic rings. The molecule has 0 aromatic heterocycles. The maximum absolute atomic E-state index is 13.2. The van der Waals surface area contributed by atoms with Gasteiger partial charge in [0, 0.05) is 16.7 Å². The molecule has 0 unspecified atom stereocenters. The number of rotatable bonds is 2. The van der Waals surface area contributed by atoms with Crippen LogP contribution >= 0.6 is 10.7 Å². The van der Waals surface area contributed by atoms with Crippen LogP contribution in [-0.4, -0.2) is 19.5 Å². The van der Waals surface area contributed by atoms with Crippen LogP contribution in [0.1, 0.15) is 10.4 Å². The predicted molar refractivity (Wildman–Crippen MR) is 46.3 cm³/mol. The van der Waals surface area contributed by atoms with E-state index in [0.29, 0.717) is 0 Å². The Morgan fingerprint density at radius 2 is 1.75 bits per heavy atom. The van der Waals surface area contributed by atoms with Gasteiger partial charge in [-0.05, 0) is 0 Å². The van der Waals surface area contributed by atoms with Gasteiger partial charge in [0.1, 0.15) is 17.2 Å². The van der Waals surface area contributed by atoms with Gasteiger partial charge in [-0.15, -0.1) is 0 Å². The number of aromatic carboxylic acids is 1. The average molecular weight is 275 g/mol. The smallest absolute Gasteiger partial charge is 0.341 e. The second-order valence-electron chi connectivity index (χ2n) is 2.60. The number of carboxylic acid groups (broad SMARTS) is 1. The molecule has 88 valence electrons. The van der Waals surface area contributed by atoms with Crippen molar-refractivity contribution in [2.24, 2.45) is 0 Å². The zero-order valence-electron chi connectivity index (χ0n) is 7.17. The molecular weight excluding hydrogens is 273 g/mol. The van der Waals surface area contributed by atoms with E-state index in [1.807, 2.05) is 0 Å². The van der Waals surface area contributed by atoms with Crippen LogP contribution in [0.5, 0.6) is 0 Å². The van der Waals surface area contributed by atoms with Gasteiger partial charge in [-0.3, -0.25) is 0 Å². The van der Waals surface area contributed by atoms with E-state index in [1.165, 1.54) is 0 Å². The number of hydrogen-bond donors (Lipinski definition) is 1. The molecule has 1 aromatic carbocycles. The summed E-state index contributed by atoms with van der Waals surface area (Å²) in [6.45, 7) is 0. The third kappa shape index (κ3) is 2.12. The highest BCUT2D eigenvalue weighted by Crippen LogP contribution is 2.27. The van der Waals surface area contributed by atoms with Crippen molar-refractivity contribution in [1.29, 1.82) is 0 Å². The van der Waals surface area contributed by atoms with Gasteiger partial charge < -0.3 is 5.11 Å². The molecule has 1 N–H and O–H groups in total. The summed E-state index contributed by atoms with van der Waals surface area (Å²) in [5.41, 5.74) is -1.58. The van der Waals surface area contributed by atoms with E-state index in [4.69, 9.17) is 5.11 Å². The molecule has 0 atom stereocenters. The number of hydrogen-bond acceptors (Lipinski definition) is 3. The van der Waals surface area contributed by atoms with Gasteiger partial charge in [-0.1, -0.05) is 0 Å². The Kier molecular flexibility index (Phi) is 3.15. The zero-order chi connectivity index (χ0) is 12.7. The Morgan fingerprint density at radius 3 is 2.12 bits per heavy atom. The lowest BCUT2D eigenvalue weighted by Crippen LogP contribution is -2.11. The van der Waals surface area contributed by atoms with Crippen molar-refractivity contribution >= 4 is 25.7 Å². The Bertz CT molecular complexity index is 569. The Balaban J connectivity index is 3.79. The third-order valence-corrected chi connectivity index (χ3v) is 2.91. The van der Waals surface area contributed by atoms with E-state index in [-0.39, 0.29) is 6.07 Å². The zero-order valence-corrected chi connectivity index (χ0v) is 8.74. The fourth-order valence-electron chi connectivity index (χ4n) is 0.992. The van der Waals surface area contributed by atoms with Crippen molar-refractivity contribution in [3.8, 4) is 0 Å². The Hall–Kier alpha value is -1.28. The standard InChI is InChI=1S/C7H2ClF3O4S/c8-16(14,15)6-3(10)1-2(9)4(5(6)11)7(12)13/h1H,(H,12,13). The molecule has 0 bridgehead atoms. The van der Waals surface area contributed by atoms with Gasteiger partial charge in [0.15, 0.2) is 10.7 Å². The lowest BCUT2D eigenvalue weighted by molar-refractivity contribution is 0.0685. The Morgan fingerprint density at radius 1 is 1.25 bits per heavy atom. The SMILES string of the molecule is O=C(O)c1c(F)cc(F)c(S(=O)(=O)Cl)c1F. The summed E-state index contributed by atoms with van der Waals surface area (Å²) < 4.78 is 60.4. The number of carbonyl (C=O) groups is 1. The van der Waals surface area contributed by atoms with Crippen molar-refractivity contribution in [3.63, 3.8) is 0 Å². The number of carboxylic acids is 1. The van der Waals surface area contributed by atoms with Crippen molar-refractivity contribution in [1.82, 2.24) is 0 Å². The summed E-state index contributed by atoms with van der Waals surface area (Å²) >= 11 is 0. The first-order valence-electron chi connectivity index (χ1n) is 3.51. The molecule has 0 radical (unpaired) electrons. The maximum atomic E-state index is 13.2. The van der Waals surface area contributed by atoms with Crippen LogP contribution in [0.4, 0.5) is 13.2 Å². The second-order valence-corrected chi connectivity index (χ2v) is 5.10. The summed E-state index contributed by atoms with van der Waals surface area (Å²) in [7, 11) is -0.170. The molecular formula is C7H2ClF3O4S. The molecule has 4 nitrogen and oxygen atoms in total. The van der Waals surface area contributed by atoms with Crippen molar-refractivity contribution in [2.45, 2.75) is 4.90 Å². The van der Waals surface area contributed by atoms with Crippen LogP contribution in [0, 0.1) is 17.5 Å². The highest BCUT2D eigenvalue weighted by atomic mass is 35.7. The van der Waals surface area contributed by atoms with Crippen LogP contribution in [0.3, 0.4) is 0 Å². The minimum atomic E-state index is -4.84. The third-order valence-electron chi connectivity index (χ3n) is 1.59. The minimum absolute atomic E-state index is 0.0677. The molecule has 1 rings (SSSR count). The number of halogens is 4. The van der Waals surface area contributed by atoms with Crippen LogP contribution in [-0.2, 0) is 9.05 Å². The summed E-state index contributed by atoms with van der Waals surface area (Å²) in [5, 5.41) is 8.39. The highest BCUT2D eigenvalue weighted by molar-refractivity contribution is 8.13. The lowest BCUT2D eigenvalue weighted by Gasteiger charge is -2.05. The average Bonchev–Trinajstić information content (AvgIpc) is 1.97. The fraction of sp³-hybridized carbons (Fsp3) is 0. The van der Waals surface area contributed by atoms with Gasteiger partial charge in [0.25, 0.3) is 9.05 Å². The van der Waals surface area contributed by atoms with E-state index in [2.05, 4.69) is 10.7 Å². The molecule has 0 fully saturated rings. The van der Waals surface area contributed by atoms with Crippen molar-refractivity contribution in [2.75, 3.05) is 0 Å². The predicted octanol–water partition coefficient (Wildman–Crippen LogP) is 1.73. The topological polar surface area (TPSA) is 71.4 Å². The fourth-order valence-corrected chi connectivity index (χ4v) is 2.02. The monoisotopic (exact) mass is 274 g/mol. The van der Waals surface area contributed by atoms with E-state index >= 15 is 0 Å². The van der Waals surface area contributed by atoms with E-state index in [0.717, 1.165) is 0 Å². The van der Waals surface area contributed by atoms with E-state index < -0.39 is 42.9 Å². The van der Waals surface area contributed by atoms with Crippen molar-refractivity contribution in [3.05, 3.63) is 29.1 Å². The van der Waals surface area contributed by atoms with Crippen molar-refractivity contribution < 1.29 is 31.5 Å². The molecule has 0 saturated heterocycles. The normalized spacial score (nSPS) is 11.5. The molecule has 16 heavy (non-hydrogen) atoms. The molecule has 0 aliphatic rings. The molecule has 0 aliphatic carbocycles. The first-order valence-corrected chi connectivity index (χ1v) is 5.82. The van der Waals surface area contributed by atoms with Gasteiger partial charge in [0.2, 0.25) is 0 Å². The quantitative estimate of drug-likeness (QED) is 0.834. The summed E-state index contributed by atoms with van der Waals surface area (Å²) in [6, 6.07) is -0.0677. The minimum Gasteiger partial charge on any atom is -0.477 e. The van der Waals surface area contributed by atoms with Gasteiger partial charge in [-0.25, -0.2) is 26.4 Å².